The minimum Gasteiger partial charge on any atom is -0.491 e. The summed E-state index contributed by atoms with van der Waals surface area (Å²) in [7, 11) is 0. The zero-order valence-electron chi connectivity index (χ0n) is 36.1. The quantitative estimate of drug-likeness (QED) is 0.0714. The number of nitrogen functional groups attached to an aromatic ring is 1. The molecule has 16 heteroatoms. The third-order valence-electron chi connectivity index (χ3n) is 11.1. The largest absolute Gasteiger partial charge is 0.491 e. The van der Waals surface area contributed by atoms with Gasteiger partial charge in [0.2, 0.25) is 0 Å². The molecule has 1 aliphatic heterocycles. The maximum Gasteiger partial charge on any atom is 0.163 e. The zero-order chi connectivity index (χ0) is 43.9. The molecule has 2 aliphatic rings. The topological polar surface area (TPSA) is 165 Å². The number of carbonyl (C=O) groups excluding carboxylic acids is 2. The summed E-state index contributed by atoms with van der Waals surface area (Å²) < 4.78 is 25.0. The van der Waals surface area contributed by atoms with Crippen LogP contribution in [0, 0.1) is 20.8 Å². The molecular formula is C48H52ClN7O6S2. The molecule has 0 fully saturated rings. The monoisotopic (exact) mass is 921 g/mol. The van der Waals surface area contributed by atoms with Crippen LogP contribution in [0.2, 0.25) is 5.02 Å². The van der Waals surface area contributed by atoms with E-state index in [1.165, 1.54) is 4.88 Å². The van der Waals surface area contributed by atoms with Gasteiger partial charge in [-0.25, -0.2) is 4.98 Å². The number of aryl methyl sites for hydroxylation is 2. The summed E-state index contributed by atoms with van der Waals surface area (Å²) in [6, 6.07) is 22.7. The van der Waals surface area contributed by atoms with E-state index in [0.29, 0.717) is 88.0 Å². The van der Waals surface area contributed by atoms with Crippen LogP contribution in [-0.2, 0) is 43.1 Å². The number of pyridine rings is 1. The Morgan fingerprint density at radius 2 is 1.55 bits per heavy atom. The Kier molecular flexibility index (Phi) is 15.6. The Labute approximate surface area is 388 Å². The van der Waals surface area contributed by atoms with Crippen LogP contribution in [0.25, 0.3) is 16.1 Å². The van der Waals surface area contributed by atoms with Crippen LogP contribution in [0.3, 0.4) is 0 Å². The number of Topliss-reactive ketones (excluding diaryl/α,β-unsaturated/α-hetero) is 2. The van der Waals surface area contributed by atoms with Crippen LogP contribution >= 0.6 is 36.4 Å². The number of ketones is 2. The Morgan fingerprint density at radius 1 is 0.859 bits per heavy atom. The first-order valence-electron chi connectivity index (χ1n) is 21.1. The van der Waals surface area contributed by atoms with Crippen molar-refractivity contribution in [2.75, 3.05) is 63.8 Å². The molecule has 64 heavy (non-hydrogen) atoms. The number of nitrogens with two attached hydrogens (primary N) is 1. The van der Waals surface area contributed by atoms with E-state index >= 15 is 0 Å². The van der Waals surface area contributed by atoms with Gasteiger partial charge in [-0.2, -0.15) is 13.5 Å². The molecule has 0 saturated heterocycles. The summed E-state index contributed by atoms with van der Waals surface area (Å²) in [5.41, 5.74) is 15.8. The molecule has 4 heterocycles. The Bertz CT molecular complexity index is 2630. The van der Waals surface area contributed by atoms with E-state index in [2.05, 4.69) is 45.0 Å². The first-order valence-corrected chi connectivity index (χ1v) is 22.3. The van der Waals surface area contributed by atoms with E-state index in [1.54, 1.807) is 17.5 Å². The van der Waals surface area contributed by atoms with Crippen LogP contribution in [-0.4, -0.2) is 89.8 Å². The van der Waals surface area contributed by atoms with Gasteiger partial charge in [0.25, 0.3) is 0 Å². The average Bonchev–Trinajstić information content (AvgIpc) is 3.91. The van der Waals surface area contributed by atoms with Crippen LogP contribution in [0.5, 0.6) is 5.75 Å². The summed E-state index contributed by atoms with van der Waals surface area (Å²) in [5.74, 6) is 2.83. The number of carbonyl (C=O) groups is 2. The summed E-state index contributed by atoms with van der Waals surface area (Å²) >= 11 is 7.94. The van der Waals surface area contributed by atoms with Gasteiger partial charge in [-0.15, -0.1) is 21.5 Å². The van der Waals surface area contributed by atoms with Crippen LogP contribution in [0.4, 0.5) is 11.5 Å². The van der Waals surface area contributed by atoms with Crippen molar-refractivity contribution in [3.63, 3.8) is 0 Å². The second kappa shape index (κ2) is 21.5. The van der Waals surface area contributed by atoms with Gasteiger partial charge in [-0.05, 0) is 72.9 Å². The number of ether oxygens (including phenoxy) is 4. The number of nitrogens with zero attached hydrogens (tertiary/aromatic N) is 5. The number of anilines is 2. The highest BCUT2D eigenvalue weighted by Gasteiger charge is 2.32. The van der Waals surface area contributed by atoms with Crippen molar-refractivity contribution in [3.8, 4) is 21.9 Å². The standard InChI is InChI=1S/C48H50ClN7O6S.H2S/c1-29-30(2)63-48-45(29)46(33-8-10-37(49)11-9-33)53-43(47-55-54-31(3)56(47)48)26-38(57)22-32-4-12-40(13-5-32)62-21-20-61-19-18-60-17-16-59-15-14-51-42-27-44(50)52-28-41(42)35-7-6-34-24-39(58)25-36(34)23-35;/h4-13,23,27-28,43H,14-22,24-26H2,1-3H3,(H3,50,51,52);1H2/t43-;/m0./s1. The van der Waals surface area contributed by atoms with Crippen molar-refractivity contribution >= 4 is 65.2 Å². The predicted octanol–water partition coefficient (Wildman–Crippen LogP) is 7.97. The fourth-order valence-electron chi connectivity index (χ4n) is 7.84. The number of hydrogen-bond acceptors (Lipinski definition) is 13. The third kappa shape index (κ3) is 11.1. The molecule has 0 radical (unpaired) electrons. The Hall–Kier alpha value is -5.42. The Balaban J connectivity index is 0.00000612. The van der Waals surface area contributed by atoms with E-state index in [0.717, 1.165) is 66.7 Å². The Morgan fingerprint density at radius 3 is 2.30 bits per heavy atom. The molecule has 334 valence electrons. The van der Waals surface area contributed by atoms with E-state index in [-0.39, 0.29) is 37.9 Å². The van der Waals surface area contributed by atoms with Gasteiger partial charge in [-0.1, -0.05) is 54.1 Å². The molecule has 6 aromatic rings. The number of hydrogen-bond donors (Lipinski definition) is 2. The maximum atomic E-state index is 13.6. The lowest BCUT2D eigenvalue weighted by molar-refractivity contribution is -0.119. The van der Waals surface area contributed by atoms with Gasteiger partial charge in [0.15, 0.2) is 5.82 Å². The van der Waals surface area contributed by atoms with Crippen molar-refractivity contribution in [2.24, 2.45) is 4.99 Å². The smallest absolute Gasteiger partial charge is 0.163 e. The number of aliphatic imine (C=N–C) groups is 1. The highest BCUT2D eigenvalue weighted by Crippen LogP contribution is 2.40. The van der Waals surface area contributed by atoms with Crippen molar-refractivity contribution in [1.29, 1.82) is 0 Å². The lowest BCUT2D eigenvalue weighted by Crippen LogP contribution is -2.15. The maximum absolute atomic E-state index is 13.6. The molecular weight excluding hydrogens is 870 g/mol. The molecule has 0 unspecified atom stereocenters. The minimum atomic E-state index is -0.510. The number of thiophene rings is 1. The van der Waals surface area contributed by atoms with E-state index in [1.807, 2.05) is 73.7 Å². The van der Waals surface area contributed by atoms with Gasteiger partial charge in [-0.3, -0.25) is 19.1 Å². The molecule has 0 saturated carbocycles. The van der Waals surface area contributed by atoms with Crippen molar-refractivity contribution in [1.82, 2.24) is 19.7 Å². The minimum absolute atomic E-state index is 0. The molecule has 8 rings (SSSR count). The highest BCUT2D eigenvalue weighted by molar-refractivity contribution is 7.59. The number of benzene rings is 3. The van der Waals surface area contributed by atoms with Crippen LogP contribution in [0.15, 0.2) is 84.0 Å². The second-order valence-corrected chi connectivity index (χ2v) is 17.3. The number of halogens is 1. The fourth-order valence-corrected chi connectivity index (χ4v) is 9.18. The van der Waals surface area contributed by atoms with E-state index in [9.17, 15) is 9.59 Å². The number of rotatable bonds is 20. The molecule has 3 aromatic heterocycles. The highest BCUT2D eigenvalue weighted by atomic mass is 35.5. The van der Waals surface area contributed by atoms with Gasteiger partial charge in [0.1, 0.15) is 46.6 Å². The third-order valence-corrected chi connectivity index (χ3v) is 12.6. The molecule has 13 nitrogen and oxygen atoms in total. The lowest BCUT2D eigenvalue weighted by Gasteiger charge is -2.14. The second-order valence-electron chi connectivity index (χ2n) is 15.6. The van der Waals surface area contributed by atoms with Crippen LogP contribution in [0.1, 0.15) is 62.4 Å². The molecule has 0 spiro atoms. The number of fused-ring (bicyclic) bond motifs is 4. The summed E-state index contributed by atoms with van der Waals surface area (Å²) in [5, 5.41) is 14.0. The first kappa shape index (κ1) is 46.6. The molecule has 0 amide bonds. The lowest BCUT2D eigenvalue weighted by atomic mass is 9.99. The number of nitrogens with one attached hydrogen (secondary N) is 1. The van der Waals surface area contributed by atoms with Crippen molar-refractivity contribution in [3.05, 3.63) is 134 Å². The molecule has 3 aromatic carbocycles. The summed E-state index contributed by atoms with van der Waals surface area (Å²) in [6.07, 6.45) is 3.18. The molecule has 1 atom stereocenters. The van der Waals surface area contributed by atoms with Gasteiger partial charge in [0, 0.05) is 76.8 Å². The SMILES string of the molecule is Cc1sc2c(c1C)C(c1ccc(Cl)cc1)=N[C@@H](CC(=O)Cc1ccc(OCCOCCOCCOCCNc3cc(N)ncc3-c3ccc4c(c3)CC(=O)C4)cc1)c1nnc(C)n1-2.S. The van der Waals surface area contributed by atoms with Crippen LogP contribution < -0.4 is 15.8 Å². The molecule has 3 N–H and O–H groups in total. The average molecular weight is 923 g/mol. The van der Waals surface area contributed by atoms with Crippen molar-refractivity contribution in [2.45, 2.75) is 52.5 Å². The fraction of sp³-hybridized carbons (Fsp3) is 0.333. The predicted molar refractivity (Wildman–Crippen MR) is 256 cm³/mol. The molecule has 0 bridgehead atoms. The molecule has 1 aliphatic carbocycles. The zero-order valence-corrected chi connectivity index (χ0v) is 38.7. The van der Waals surface area contributed by atoms with Crippen molar-refractivity contribution < 1.29 is 28.5 Å². The number of aromatic nitrogens is 4. The normalized spacial score (nSPS) is 14.0. The van der Waals surface area contributed by atoms with E-state index in [4.69, 9.17) is 41.3 Å². The van der Waals surface area contributed by atoms with Gasteiger partial charge in [0.05, 0.1) is 45.4 Å². The summed E-state index contributed by atoms with van der Waals surface area (Å²) in [6.45, 7) is 9.78. The van der Waals surface area contributed by atoms with Gasteiger partial charge >= 0.3 is 0 Å². The summed E-state index contributed by atoms with van der Waals surface area (Å²) in [4.78, 5) is 36.2. The first-order chi connectivity index (χ1) is 30.6. The van der Waals surface area contributed by atoms with E-state index < -0.39 is 6.04 Å². The van der Waals surface area contributed by atoms with Gasteiger partial charge < -0.3 is 30.0 Å².